The maximum atomic E-state index is 11.3. The SMILES string of the molecule is CN1c2nc(Br)[nH]c2C(=O)NC1O. The highest BCUT2D eigenvalue weighted by Crippen LogP contribution is 2.23. The smallest absolute Gasteiger partial charge is 0.275 e. The van der Waals surface area contributed by atoms with Crippen molar-refractivity contribution in [1.29, 1.82) is 0 Å². The Bertz CT molecular complexity index is 364. The molecular weight excluding hydrogens is 240 g/mol. The normalized spacial score (nSPS) is 21.3. The minimum absolute atomic E-state index is 0.347. The topological polar surface area (TPSA) is 81.2 Å². The van der Waals surface area contributed by atoms with Crippen LogP contribution in [0.4, 0.5) is 5.82 Å². The van der Waals surface area contributed by atoms with E-state index < -0.39 is 6.35 Å². The molecule has 0 bridgehead atoms. The van der Waals surface area contributed by atoms with Gasteiger partial charge in [0.05, 0.1) is 0 Å². The summed E-state index contributed by atoms with van der Waals surface area (Å²) in [5.74, 6) is 0.0712. The average Bonchev–Trinajstić information content (AvgIpc) is 2.44. The standard InChI is InChI=1S/C6H7BrN4O2/c1-11-3-2(8-5(7)9-3)4(12)10-6(11)13/h6,13H,1H3,(H,8,9)(H,10,12). The molecule has 0 spiro atoms. The second-order valence-corrected chi connectivity index (χ2v) is 3.44. The lowest BCUT2D eigenvalue weighted by atomic mass is 10.3. The van der Waals surface area contributed by atoms with Crippen LogP contribution in [0.3, 0.4) is 0 Å². The second kappa shape index (κ2) is 2.71. The molecule has 1 aliphatic rings. The molecule has 13 heavy (non-hydrogen) atoms. The van der Waals surface area contributed by atoms with Crippen LogP contribution in [0.25, 0.3) is 0 Å². The van der Waals surface area contributed by atoms with Gasteiger partial charge in [0.2, 0.25) is 6.35 Å². The highest BCUT2D eigenvalue weighted by atomic mass is 79.9. The third-order valence-corrected chi connectivity index (χ3v) is 2.22. The van der Waals surface area contributed by atoms with Crippen molar-refractivity contribution in [2.75, 3.05) is 11.9 Å². The molecule has 6 nitrogen and oxygen atoms in total. The molecule has 0 saturated heterocycles. The first-order chi connectivity index (χ1) is 6.09. The molecule has 1 aromatic heterocycles. The minimum Gasteiger partial charge on any atom is -0.356 e. The molecule has 1 unspecified atom stereocenters. The zero-order chi connectivity index (χ0) is 9.59. The number of amides is 1. The van der Waals surface area contributed by atoms with E-state index in [-0.39, 0.29) is 5.91 Å². The number of anilines is 1. The number of nitrogens with one attached hydrogen (secondary N) is 2. The Kier molecular flexibility index (Phi) is 1.77. The van der Waals surface area contributed by atoms with Gasteiger partial charge in [0.25, 0.3) is 5.91 Å². The lowest BCUT2D eigenvalue weighted by Gasteiger charge is -2.28. The molecule has 0 aliphatic carbocycles. The van der Waals surface area contributed by atoms with Crippen LogP contribution in [0.2, 0.25) is 0 Å². The number of nitrogens with zero attached hydrogens (tertiary/aromatic N) is 2. The summed E-state index contributed by atoms with van der Waals surface area (Å²) in [7, 11) is 1.64. The molecule has 70 valence electrons. The van der Waals surface area contributed by atoms with Gasteiger partial charge in [0, 0.05) is 7.05 Å². The van der Waals surface area contributed by atoms with Gasteiger partial charge in [0.15, 0.2) is 10.6 Å². The number of H-pyrrole nitrogens is 1. The number of carbonyl (C=O) groups excluding carboxylic acids is 1. The average molecular weight is 247 g/mol. The number of aromatic amines is 1. The molecule has 7 heteroatoms. The van der Waals surface area contributed by atoms with Crippen LogP contribution < -0.4 is 10.2 Å². The van der Waals surface area contributed by atoms with Gasteiger partial charge in [-0.3, -0.25) is 4.79 Å². The van der Waals surface area contributed by atoms with Crippen molar-refractivity contribution < 1.29 is 9.90 Å². The molecule has 0 aromatic carbocycles. The Morgan fingerprint density at radius 2 is 2.38 bits per heavy atom. The number of hydrogen-bond acceptors (Lipinski definition) is 4. The quantitative estimate of drug-likeness (QED) is 0.584. The number of fused-ring (bicyclic) bond motifs is 1. The van der Waals surface area contributed by atoms with E-state index in [0.29, 0.717) is 16.2 Å². The summed E-state index contributed by atoms with van der Waals surface area (Å²) in [5, 5.41) is 11.7. The van der Waals surface area contributed by atoms with Crippen LogP contribution in [0.1, 0.15) is 10.5 Å². The van der Waals surface area contributed by atoms with E-state index in [1.54, 1.807) is 7.05 Å². The number of rotatable bonds is 0. The third-order valence-electron chi connectivity index (χ3n) is 1.84. The molecule has 1 aromatic rings. The Balaban J connectivity index is 2.53. The molecule has 0 radical (unpaired) electrons. The number of aliphatic hydroxyl groups excluding tert-OH is 1. The highest BCUT2D eigenvalue weighted by Gasteiger charge is 2.30. The fraction of sp³-hybridized carbons (Fsp3) is 0.333. The maximum absolute atomic E-state index is 11.3. The predicted octanol–water partition coefficient (Wildman–Crippen LogP) is -0.372. The number of aromatic nitrogens is 2. The van der Waals surface area contributed by atoms with Gasteiger partial charge >= 0.3 is 0 Å². The molecule has 0 fully saturated rings. The lowest BCUT2D eigenvalue weighted by Crippen LogP contribution is -2.51. The molecule has 1 atom stereocenters. The Labute approximate surface area is 82.1 Å². The number of imidazole rings is 1. The van der Waals surface area contributed by atoms with Gasteiger partial charge in [-0.15, -0.1) is 0 Å². The van der Waals surface area contributed by atoms with Crippen molar-refractivity contribution >= 4 is 27.7 Å². The number of hydrogen-bond donors (Lipinski definition) is 3. The summed E-state index contributed by atoms with van der Waals surface area (Å²) >= 11 is 3.11. The van der Waals surface area contributed by atoms with Crippen molar-refractivity contribution in [3.05, 3.63) is 10.4 Å². The Morgan fingerprint density at radius 1 is 1.69 bits per heavy atom. The van der Waals surface area contributed by atoms with Crippen molar-refractivity contribution in [3.63, 3.8) is 0 Å². The van der Waals surface area contributed by atoms with E-state index in [1.165, 1.54) is 4.90 Å². The second-order valence-electron chi connectivity index (χ2n) is 2.68. The van der Waals surface area contributed by atoms with Crippen molar-refractivity contribution in [3.8, 4) is 0 Å². The fourth-order valence-electron chi connectivity index (χ4n) is 1.15. The van der Waals surface area contributed by atoms with Gasteiger partial charge in [0.1, 0.15) is 5.69 Å². The van der Waals surface area contributed by atoms with Crippen LogP contribution in [-0.2, 0) is 0 Å². The molecule has 2 rings (SSSR count). The highest BCUT2D eigenvalue weighted by molar-refractivity contribution is 9.10. The maximum Gasteiger partial charge on any atom is 0.275 e. The summed E-state index contributed by atoms with van der Waals surface area (Å²) in [6, 6.07) is 0. The zero-order valence-electron chi connectivity index (χ0n) is 6.71. The van der Waals surface area contributed by atoms with E-state index in [4.69, 9.17) is 0 Å². The summed E-state index contributed by atoms with van der Waals surface area (Å²) in [6.07, 6.45) is -1.02. The molecule has 2 heterocycles. The van der Waals surface area contributed by atoms with E-state index in [1.807, 2.05) is 0 Å². The Hall–Kier alpha value is -1.08. The van der Waals surface area contributed by atoms with E-state index in [9.17, 15) is 9.90 Å². The molecule has 1 amide bonds. The fourth-order valence-corrected chi connectivity index (χ4v) is 1.52. The van der Waals surface area contributed by atoms with Gasteiger partial charge in [-0.05, 0) is 15.9 Å². The van der Waals surface area contributed by atoms with Crippen molar-refractivity contribution in [2.45, 2.75) is 6.35 Å². The molecule has 3 N–H and O–H groups in total. The first-order valence-electron chi connectivity index (χ1n) is 3.57. The number of aliphatic hydroxyl groups is 1. The van der Waals surface area contributed by atoms with Gasteiger partial charge in [-0.1, -0.05) is 0 Å². The summed E-state index contributed by atoms with van der Waals surface area (Å²) in [6.45, 7) is 0. The van der Waals surface area contributed by atoms with E-state index in [2.05, 4.69) is 31.2 Å². The monoisotopic (exact) mass is 246 g/mol. The summed E-state index contributed by atoms with van der Waals surface area (Å²) < 4.78 is 0.466. The summed E-state index contributed by atoms with van der Waals surface area (Å²) in [5.41, 5.74) is 0.347. The Morgan fingerprint density at radius 3 is 3.08 bits per heavy atom. The van der Waals surface area contributed by atoms with Crippen LogP contribution in [0.5, 0.6) is 0 Å². The van der Waals surface area contributed by atoms with Crippen LogP contribution >= 0.6 is 15.9 Å². The van der Waals surface area contributed by atoms with Crippen molar-refractivity contribution in [1.82, 2.24) is 15.3 Å². The predicted molar refractivity (Wildman–Crippen MR) is 48.2 cm³/mol. The lowest BCUT2D eigenvalue weighted by molar-refractivity contribution is 0.0751. The first kappa shape index (κ1) is 8.52. The molecular formula is C6H7BrN4O2. The third kappa shape index (κ3) is 1.20. The van der Waals surface area contributed by atoms with Gasteiger partial charge in [-0.25, -0.2) is 4.98 Å². The zero-order valence-corrected chi connectivity index (χ0v) is 8.29. The van der Waals surface area contributed by atoms with Gasteiger partial charge < -0.3 is 20.3 Å². The van der Waals surface area contributed by atoms with Crippen LogP contribution in [0, 0.1) is 0 Å². The van der Waals surface area contributed by atoms with E-state index in [0.717, 1.165) is 0 Å². The number of carbonyl (C=O) groups is 1. The molecule has 0 saturated carbocycles. The number of halogens is 1. The van der Waals surface area contributed by atoms with Crippen LogP contribution in [-0.4, -0.2) is 34.4 Å². The van der Waals surface area contributed by atoms with Crippen molar-refractivity contribution in [2.24, 2.45) is 0 Å². The minimum atomic E-state index is -1.02. The van der Waals surface area contributed by atoms with E-state index >= 15 is 0 Å². The largest absolute Gasteiger partial charge is 0.356 e. The first-order valence-corrected chi connectivity index (χ1v) is 4.36. The van der Waals surface area contributed by atoms with Crippen LogP contribution in [0.15, 0.2) is 4.73 Å². The summed E-state index contributed by atoms with van der Waals surface area (Å²) in [4.78, 5) is 19.5. The molecule has 1 aliphatic heterocycles. The van der Waals surface area contributed by atoms with Gasteiger partial charge in [-0.2, -0.15) is 0 Å².